The highest BCUT2D eigenvalue weighted by Gasteiger charge is 2.13. The SMILES string of the molecule is Cc1ccc(NC(=O)c2cccc(C(=O)Nc3cccc(F)c3)n2)cc1C. The highest BCUT2D eigenvalue weighted by atomic mass is 19.1. The number of aromatic nitrogens is 1. The molecule has 0 aliphatic carbocycles. The first-order chi connectivity index (χ1) is 12.9. The number of anilines is 2. The van der Waals surface area contributed by atoms with Gasteiger partial charge in [-0.3, -0.25) is 9.59 Å². The zero-order valence-corrected chi connectivity index (χ0v) is 14.9. The minimum absolute atomic E-state index is 0.0620. The van der Waals surface area contributed by atoms with E-state index in [0.717, 1.165) is 11.1 Å². The van der Waals surface area contributed by atoms with Gasteiger partial charge >= 0.3 is 0 Å². The molecule has 0 saturated heterocycles. The Bertz CT molecular complexity index is 1020. The summed E-state index contributed by atoms with van der Waals surface area (Å²) in [5, 5.41) is 5.32. The van der Waals surface area contributed by atoms with Crippen molar-refractivity contribution in [2.45, 2.75) is 13.8 Å². The quantitative estimate of drug-likeness (QED) is 0.724. The van der Waals surface area contributed by atoms with E-state index >= 15 is 0 Å². The predicted molar refractivity (Wildman–Crippen MR) is 102 cm³/mol. The molecule has 2 N–H and O–H groups in total. The Hall–Kier alpha value is -3.54. The van der Waals surface area contributed by atoms with E-state index in [1.165, 1.54) is 30.3 Å². The average Bonchev–Trinajstić information content (AvgIpc) is 2.65. The molecule has 3 aromatic rings. The second-order valence-corrected chi connectivity index (χ2v) is 6.13. The number of pyridine rings is 1. The number of amides is 2. The zero-order chi connectivity index (χ0) is 19.4. The first-order valence-corrected chi connectivity index (χ1v) is 8.35. The maximum Gasteiger partial charge on any atom is 0.274 e. The van der Waals surface area contributed by atoms with Gasteiger partial charge in [0.05, 0.1) is 0 Å². The van der Waals surface area contributed by atoms with Crippen molar-refractivity contribution in [3.8, 4) is 0 Å². The van der Waals surface area contributed by atoms with Crippen LogP contribution in [0.2, 0.25) is 0 Å². The molecule has 27 heavy (non-hydrogen) atoms. The van der Waals surface area contributed by atoms with Gasteiger partial charge in [0.15, 0.2) is 0 Å². The Kier molecular flexibility index (Phi) is 5.26. The van der Waals surface area contributed by atoms with Crippen molar-refractivity contribution in [1.29, 1.82) is 0 Å². The largest absolute Gasteiger partial charge is 0.321 e. The molecule has 1 heterocycles. The van der Waals surface area contributed by atoms with E-state index in [2.05, 4.69) is 15.6 Å². The first-order valence-electron chi connectivity index (χ1n) is 8.35. The van der Waals surface area contributed by atoms with Crippen molar-refractivity contribution in [2.24, 2.45) is 0 Å². The molecule has 0 spiro atoms. The minimum Gasteiger partial charge on any atom is -0.321 e. The van der Waals surface area contributed by atoms with Crippen molar-refractivity contribution >= 4 is 23.2 Å². The van der Waals surface area contributed by atoms with E-state index in [-0.39, 0.29) is 11.4 Å². The molecule has 5 nitrogen and oxygen atoms in total. The Balaban J connectivity index is 1.75. The summed E-state index contributed by atoms with van der Waals surface area (Å²) in [6.07, 6.45) is 0. The molecule has 0 bridgehead atoms. The lowest BCUT2D eigenvalue weighted by Crippen LogP contribution is -2.18. The number of halogens is 1. The van der Waals surface area contributed by atoms with Crippen molar-refractivity contribution in [3.63, 3.8) is 0 Å². The molecule has 0 fully saturated rings. The van der Waals surface area contributed by atoms with Crippen LogP contribution in [0.15, 0.2) is 60.7 Å². The summed E-state index contributed by atoms with van der Waals surface area (Å²) < 4.78 is 13.2. The van der Waals surface area contributed by atoms with Crippen molar-refractivity contribution in [2.75, 3.05) is 10.6 Å². The Morgan fingerprint density at radius 3 is 1.96 bits per heavy atom. The van der Waals surface area contributed by atoms with Crippen LogP contribution in [0.1, 0.15) is 32.1 Å². The second kappa shape index (κ2) is 7.78. The van der Waals surface area contributed by atoms with Crippen LogP contribution in [0.25, 0.3) is 0 Å². The third kappa shape index (κ3) is 4.55. The second-order valence-electron chi connectivity index (χ2n) is 6.13. The highest BCUT2D eigenvalue weighted by molar-refractivity contribution is 6.06. The number of carbonyl (C=O) groups excluding carboxylic acids is 2. The summed E-state index contributed by atoms with van der Waals surface area (Å²) in [7, 11) is 0. The molecular formula is C21H18FN3O2. The van der Waals surface area contributed by atoms with Crippen LogP contribution in [-0.2, 0) is 0 Å². The molecule has 0 unspecified atom stereocenters. The summed E-state index contributed by atoms with van der Waals surface area (Å²) in [5.41, 5.74) is 3.32. The maximum absolute atomic E-state index is 13.2. The van der Waals surface area contributed by atoms with Crippen LogP contribution >= 0.6 is 0 Å². The molecule has 1 aromatic heterocycles. The number of rotatable bonds is 4. The summed E-state index contributed by atoms with van der Waals surface area (Å²) in [5.74, 6) is -1.40. The van der Waals surface area contributed by atoms with E-state index in [1.54, 1.807) is 18.2 Å². The number of nitrogens with one attached hydrogen (secondary N) is 2. The molecule has 3 rings (SSSR count). The molecule has 2 aromatic carbocycles. The van der Waals surface area contributed by atoms with Crippen molar-refractivity contribution < 1.29 is 14.0 Å². The standard InChI is InChI=1S/C21H18FN3O2/c1-13-9-10-17(11-14(13)2)24-21(27)19-8-4-7-18(25-19)20(26)23-16-6-3-5-15(22)12-16/h3-12H,1-2H3,(H,23,26)(H,24,27). The van der Waals surface area contributed by atoms with Crippen molar-refractivity contribution in [3.05, 3.63) is 89.0 Å². The predicted octanol–water partition coefficient (Wildman–Crippen LogP) is 4.34. The third-order valence-electron chi connectivity index (χ3n) is 4.06. The van der Waals surface area contributed by atoms with Gasteiger partial charge in [-0.25, -0.2) is 9.37 Å². The number of aryl methyl sites for hydroxylation is 2. The van der Waals surface area contributed by atoms with Gasteiger partial charge in [-0.05, 0) is 67.4 Å². The fraction of sp³-hybridized carbons (Fsp3) is 0.0952. The summed E-state index contributed by atoms with van der Waals surface area (Å²) in [4.78, 5) is 28.9. The van der Waals surface area contributed by atoms with E-state index in [4.69, 9.17) is 0 Å². The fourth-order valence-corrected chi connectivity index (χ4v) is 2.46. The van der Waals surface area contributed by atoms with Crippen molar-refractivity contribution in [1.82, 2.24) is 4.98 Å². The van der Waals surface area contributed by atoms with E-state index in [1.807, 2.05) is 26.0 Å². The van der Waals surface area contributed by atoms with E-state index < -0.39 is 17.6 Å². The molecule has 0 saturated carbocycles. The Labute approximate surface area is 156 Å². The fourth-order valence-electron chi connectivity index (χ4n) is 2.46. The highest BCUT2D eigenvalue weighted by Crippen LogP contribution is 2.15. The van der Waals surface area contributed by atoms with E-state index in [0.29, 0.717) is 11.4 Å². The van der Waals surface area contributed by atoms with Gasteiger partial charge < -0.3 is 10.6 Å². The minimum atomic E-state index is -0.526. The zero-order valence-electron chi connectivity index (χ0n) is 14.9. The molecule has 6 heteroatoms. The third-order valence-corrected chi connectivity index (χ3v) is 4.06. The van der Waals surface area contributed by atoms with Crippen LogP contribution < -0.4 is 10.6 Å². The van der Waals surface area contributed by atoms with Gasteiger partial charge in [0, 0.05) is 11.4 Å². The maximum atomic E-state index is 13.2. The summed E-state index contributed by atoms with van der Waals surface area (Å²) in [6.45, 7) is 3.95. The number of carbonyl (C=O) groups is 2. The van der Waals surface area contributed by atoms with Crippen LogP contribution in [0.5, 0.6) is 0 Å². The monoisotopic (exact) mass is 363 g/mol. The lowest BCUT2D eigenvalue weighted by Gasteiger charge is -2.09. The van der Waals surface area contributed by atoms with Gasteiger partial charge in [0.25, 0.3) is 11.8 Å². The number of hydrogen-bond donors (Lipinski definition) is 2. The Morgan fingerprint density at radius 1 is 0.778 bits per heavy atom. The number of hydrogen-bond acceptors (Lipinski definition) is 3. The number of nitrogens with zero attached hydrogens (tertiary/aromatic N) is 1. The van der Waals surface area contributed by atoms with Crippen LogP contribution in [0.4, 0.5) is 15.8 Å². The molecule has 136 valence electrons. The Morgan fingerprint density at radius 2 is 1.37 bits per heavy atom. The summed E-state index contributed by atoms with van der Waals surface area (Å²) in [6, 6.07) is 15.7. The molecule has 0 radical (unpaired) electrons. The summed E-state index contributed by atoms with van der Waals surface area (Å²) >= 11 is 0. The van der Waals surface area contributed by atoms with Crippen LogP contribution in [0.3, 0.4) is 0 Å². The van der Waals surface area contributed by atoms with Gasteiger partial charge in [-0.1, -0.05) is 18.2 Å². The van der Waals surface area contributed by atoms with Gasteiger partial charge in [-0.2, -0.15) is 0 Å². The average molecular weight is 363 g/mol. The lowest BCUT2D eigenvalue weighted by molar-refractivity contribution is 0.101. The van der Waals surface area contributed by atoms with Gasteiger partial charge in [-0.15, -0.1) is 0 Å². The smallest absolute Gasteiger partial charge is 0.274 e. The molecule has 0 aliphatic heterocycles. The molecule has 2 amide bonds. The topological polar surface area (TPSA) is 71.1 Å². The molecule has 0 atom stereocenters. The molecule has 0 aliphatic rings. The van der Waals surface area contributed by atoms with Gasteiger partial charge in [0.1, 0.15) is 17.2 Å². The first kappa shape index (κ1) is 18.3. The van der Waals surface area contributed by atoms with E-state index in [9.17, 15) is 14.0 Å². The normalized spacial score (nSPS) is 10.3. The lowest BCUT2D eigenvalue weighted by atomic mass is 10.1. The van der Waals surface area contributed by atoms with Crippen LogP contribution in [-0.4, -0.2) is 16.8 Å². The van der Waals surface area contributed by atoms with Crippen LogP contribution in [0, 0.1) is 19.7 Å². The van der Waals surface area contributed by atoms with Gasteiger partial charge in [0.2, 0.25) is 0 Å². The number of benzene rings is 2. The molecular weight excluding hydrogens is 345 g/mol.